The normalized spacial score (nSPS) is 12.2. The molecule has 0 atom stereocenters. The maximum atomic E-state index is 11.6. The van der Waals surface area contributed by atoms with Gasteiger partial charge in [0.25, 0.3) is 10.2 Å². The largest absolute Gasteiger partial charge is 0.402 e. The Balaban J connectivity index is 3.93. The van der Waals surface area contributed by atoms with E-state index in [1.807, 2.05) is 0 Å². The van der Waals surface area contributed by atoms with E-state index in [-0.39, 0.29) is 13.1 Å². The number of hydrogen-bond acceptors (Lipinski definition) is 3. The number of hydrogen-bond donors (Lipinski definition) is 2. The fraction of sp³-hybridized carbons (Fsp3) is 1.00. The van der Waals surface area contributed by atoms with Gasteiger partial charge in [-0.25, -0.2) is 4.72 Å². The molecule has 0 aromatic carbocycles. The second-order valence-corrected chi connectivity index (χ2v) is 3.87. The van der Waals surface area contributed by atoms with E-state index in [1.165, 1.54) is 4.72 Å². The van der Waals surface area contributed by atoms with Gasteiger partial charge in [-0.1, -0.05) is 5.11 Å². The van der Waals surface area contributed by atoms with Gasteiger partial charge in [-0.2, -0.15) is 26.3 Å². The van der Waals surface area contributed by atoms with E-state index in [0.717, 1.165) is 0 Å². The van der Waals surface area contributed by atoms with Crippen molar-refractivity contribution in [3.8, 4) is 0 Å². The first kappa shape index (κ1) is 14.0. The Morgan fingerprint density at radius 2 is 1.93 bits per heavy atom. The summed E-state index contributed by atoms with van der Waals surface area (Å²) >= 11 is 0. The van der Waals surface area contributed by atoms with Crippen molar-refractivity contribution < 1.29 is 21.6 Å². The van der Waals surface area contributed by atoms with Gasteiger partial charge in [-0.15, -0.1) is 0 Å². The van der Waals surface area contributed by atoms with Crippen LogP contribution in [0.25, 0.3) is 10.4 Å². The molecule has 0 saturated heterocycles. The molecular weight excluding hydrogens is 239 g/mol. The highest BCUT2D eigenvalue weighted by Crippen LogP contribution is 2.12. The molecule has 0 radical (unpaired) electrons. The first-order valence-electron chi connectivity index (χ1n) is 3.59. The maximum absolute atomic E-state index is 11.6. The van der Waals surface area contributed by atoms with Gasteiger partial charge in [-0.05, 0) is 5.53 Å². The van der Waals surface area contributed by atoms with Crippen LogP contribution in [0.3, 0.4) is 0 Å². The molecule has 0 spiro atoms. The molecule has 0 heterocycles. The molecule has 7 nitrogen and oxygen atoms in total. The lowest BCUT2D eigenvalue weighted by Crippen LogP contribution is -2.42. The lowest BCUT2D eigenvalue weighted by molar-refractivity contribution is -0.121. The van der Waals surface area contributed by atoms with Crippen molar-refractivity contribution in [3.05, 3.63) is 10.4 Å². The van der Waals surface area contributed by atoms with Crippen LogP contribution < -0.4 is 9.44 Å². The number of halogens is 3. The van der Waals surface area contributed by atoms with E-state index in [9.17, 15) is 21.6 Å². The predicted molar refractivity (Wildman–Crippen MR) is 45.0 cm³/mol. The van der Waals surface area contributed by atoms with Gasteiger partial charge in [0.2, 0.25) is 0 Å². The summed E-state index contributed by atoms with van der Waals surface area (Å²) in [5.74, 6) is 0. The highest BCUT2D eigenvalue weighted by atomic mass is 32.2. The Morgan fingerprint density at radius 1 is 1.33 bits per heavy atom. The summed E-state index contributed by atoms with van der Waals surface area (Å²) in [5.41, 5.74) is 7.82. The van der Waals surface area contributed by atoms with Gasteiger partial charge in [0.05, 0.1) is 0 Å². The number of azide groups is 1. The highest BCUT2D eigenvalue weighted by molar-refractivity contribution is 7.87. The average Bonchev–Trinajstić information content (AvgIpc) is 2.09. The number of nitrogens with zero attached hydrogens (tertiary/aromatic N) is 3. The van der Waals surface area contributed by atoms with Crippen LogP contribution in [-0.2, 0) is 10.2 Å². The van der Waals surface area contributed by atoms with Crippen LogP contribution in [0.15, 0.2) is 5.11 Å². The molecule has 11 heteroatoms. The molecule has 0 saturated carbocycles. The Bertz CT molecular complexity index is 333. The summed E-state index contributed by atoms with van der Waals surface area (Å²) in [6, 6.07) is 0. The van der Waals surface area contributed by atoms with Crippen molar-refractivity contribution in [2.75, 3.05) is 19.6 Å². The Labute approximate surface area is 83.5 Å². The molecule has 0 unspecified atom stereocenters. The van der Waals surface area contributed by atoms with Gasteiger partial charge in [0.15, 0.2) is 0 Å². The van der Waals surface area contributed by atoms with Crippen LogP contribution in [-0.4, -0.2) is 34.2 Å². The van der Waals surface area contributed by atoms with Crippen LogP contribution in [0.5, 0.6) is 0 Å². The van der Waals surface area contributed by atoms with E-state index >= 15 is 0 Å². The molecular formula is C4H8F3N5O2S. The smallest absolute Gasteiger partial charge is 0.202 e. The van der Waals surface area contributed by atoms with Crippen molar-refractivity contribution in [2.45, 2.75) is 6.18 Å². The van der Waals surface area contributed by atoms with Crippen LogP contribution in [0.1, 0.15) is 0 Å². The van der Waals surface area contributed by atoms with Crippen LogP contribution in [0.2, 0.25) is 0 Å². The molecule has 88 valence electrons. The topological polar surface area (TPSA) is 107 Å². The van der Waals surface area contributed by atoms with Crippen LogP contribution in [0, 0.1) is 0 Å². The van der Waals surface area contributed by atoms with Gasteiger partial charge in [0, 0.05) is 18.0 Å². The van der Waals surface area contributed by atoms with Gasteiger partial charge in [-0.3, -0.25) is 0 Å². The standard InChI is InChI=1S/C4H8F3N5O2S/c5-4(6,7)3-11-15(13,14)10-2-1-9-12-8/h10-11H,1-3H2. The molecule has 2 N–H and O–H groups in total. The first-order valence-corrected chi connectivity index (χ1v) is 5.07. The molecule has 0 aromatic heterocycles. The Hall–Kier alpha value is -1.03. The number of rotatable bonds is 6. The van der Waals surface area contributed by atoms with E-state index in [0.29, 0.717) is 0 Å². The van der Waals surface area contributed by atoms with Gasteiger partial charge < -0.3 is 0 Å². The van der Waals surface area contributed by atoms with Gasteiger partial charge >= 0.3 is 6.18 Å². The fourth-order valence-electron chi connectivity index (χ4n) is 0.503. The van der Waals surface area contributed by atoms with Crippen molar-refractivity contribution >= 4 is 10.2 Å². The van der Waals surface area contributed by atoms with Crippen molar-refractivity contribution in [1.82, 2.24) is 9.44 Å². The minimum Gasteiger partial charge on any atom is -0.202 e. The van der Waals surface area contributed by atoms with Crippen LogP contribution in [0.4, 0.5) is 13.2 Å². The summed E-state index contributed by atoms with van der Waals surface area (Å²) in [5, 5.41) is 2.99. The zero-order chi connectivity index (χ0) is 11.9. The number of nitrogens with one attached hydrogen (secondary N) is 2. The fourth-order valence-corrected chi connectivity index (χ4v) is 1.32. The zero-order valence-electron chi connectivity index (χ0n) is 7.32. The minimum absolute atomic E-state index is 0.177. The van der Waals surface area contributed by atoms with Gasteiger partial charge in [0.1, 0.15) is 6.54 Å². The average molecular weight is 247 g/mol. The summed E-state index contributed by atoms with van der Waals surface area (Å²) in [6.07, 6.45) is -4.61. The molecule has 0 amide bonds. The number of alkyl halides is 3. The summed E-state index contributed by atoms with van der Waals surface area (Å²) < 4.78 is 59.4. The molecule has 0 bridgehead atoms. The third kappa shape index (κ3) is 9.28. The second kappa shape index (κ2) is 5.75. The molecule has 0 fully saturated rings. The maximum Gasteiger partial charge on any atom is 0.402 e. The van der Waals surface area contributed by atoms with Crippen molar-refractivity contribution in [2.24, 2.45) is 5.11 Å². The third-order valence-corrected chi connectivity index (χ3v) is 2.14. The summed E-state index contributed by atoms with van der Waals surface area (Å²) in [7, 11) is -4.20. The third-order valence-electron chi connectivity index (χ3n) is 1.03. The molecule has 0 rings (SSSR count). The highest BCUT2D eigenvalue weighted by Gasteiger charge is 2.29. The van der Waals surface area contributed by atoms with E-state index in [4.69, 9.17) is 5.53 Å². The minimum atomic E-state index is -4.61. The quantitative estimate of drug-likeness (QED) is 0.304. The molecule has 0 aliphatic carbocycles. The lowest BCUT2D eigenvalue weighted by atomic mass is 10.7. The molecule has 15 heavy (non-hydrogen) atoms. The predicted octanol–water partition coefficient (Wildman–Crippen LogP) is 0.283. The summed E-state index contributed by atoms with van der Waals surface area (Å²) in [6.45, 7) is -2.09. The zero-order valence-corrected chi connectivity index (χ0v) is 8.14. The van der Waals surface area contributed by atoms with Crippen LogP contribution >= 0.6 is 0 Å². The molecule has 0 aliphatic rings. The Morgan fingerprint density at radius 3 is 2.40 bits per heavy atom. The monoisotopic (exact) mass is 247 g/mol. The van der Waals surface area contributed by atoms with E-state index in [1.54, 1.807) is 4.72 Å². The molecule has 0 aromatic rings. The second-order valence-electron chi connectivity index (χ2n) is 2.29. The first-order chi connectivity index (χ1) is 6.77. The molecule has 0 aliphatic heterocycles. The van der Waals surface area contributed by atoms with E-state index in [2.05, 4.69) is 10.0 Å². The summed E-state index contributed by atoms with van der Waals surface area (Å²) in [4.78, 5) is 2.33. The Kier molecular flexibility index (Phi) is 5.36. The lowest BCUT2D eigenvalue weighted by Gasteiger charge is -2.09. The SMILES string of the molecule is [N-]=[N+]=NCCNS(=O)(=O)NCC(F)(F)F. The van der Waals surface area contributed by atoms with Crippen molar-refractivity contribution in [3.63, 3.8) is 0 Å². The van der Waals surface area contributed by atoms with E-state index < -0.39 is 22.9 Å². The van der Waals surface area contributed by atoms with Crippen molar-refractivity contribution in [1.29, 1.82) is 0 Å².